The topological polar surface area (TPSA) is 214 Å². The Hall–Kier alpha value is -6.11. The molecule has 2 aromatic heterocycles. The predicted octanol–water partition coefficient (Wildman–Crippen LogP) is 6.01. The molecule has 19 heteroatoms. The van der Waals surface area contributed by atoms with Crippen LogP contribution in [0.4, 0.5) is 26.5 Å². The van der Waals surface area contributed by atoms with Crippen molar-refractivity contribution in [3.8, 4) is 16.9 Å². The third kappa shape index (κ3) is 11.1. The third-order valence-corrected chi connectivity index (χ3v) is 10.5. The average molecular weight is 868 g/mol. The van der Waals surface area contributed by atoms with Crippen LogP contribution < -0.4 is 26.0 Å². The maximum Gasteiger partial charge on any atom is 0.424 e. The van der Waals surface area contributed by atoms with E-state index < -0.39 is 58.5 Å². The molecule has 0 aliphatic heterocycles. The van der Waals surface area contributed by atoms with E-state index in [1.54, 1.807) is 89.3 Å². The van der Waals surface area contributed by atoms with Gasteiger partial charge < -0.3 is 30.6 Å². The van der Waals surface area contributed by atoms with Gasteiger partial charge in [-0.15, -0.1) is 17.5 Å². The number of carbonyl (C=O) groups is 4. The van der Waals surface area contributed by atoms with Gasteiger partial charge in [0.1, 0.15) is 17.6 Å². The standard InChI is InChI=1S/C41H46FN7O9S.ClH/c1-23(2)35(43)38(51)46-36(24(3)4)39(52)57-22-58-41(53)49(32-18-17-31(59(7,54)55)20-33(32)56-6)40-45-34-19-12-28(21-48(34)47-40)27-10-15-30(16-11-27)44-37(50)25(5)26-8-13-29(42)14-9-26;/h8-21,23-25,35-36H,22,43H2,1-7H3,(H,44,50)(H,46,51);1H/t25-,35+,36+;/m1./s1. The fourth-order valence-corrected chi connectivity index (χ4v) is 6.38. The molecule has 2 heterocycles. The van der Waals surface area contributed by atoms with Crippen molar-refractivity contribution in [2.24, 2.45) is 17.6 Å². The second kappa shape index (κ2) is 19.8. The lowest BCUT2D eigenvalue weighted by Gasteiger charge is -2.24. The maximum absolute atomic E-state index is 13.8. The molecule has 16 nitrogen and oxygen atoms in total. The highest BCUT2D eigenvalue weighted by Crippen LogP contribution is 2.35. The van der Waals surface area contributed by atoms with Gasteiger partial charge in [0.2, 0.25) is 18.6 Å². The number of benzene rings is 3. The second-order valence-corrected chi connectivity index (χ2v) is 16.4. The minimum absolute atomic E-state index is 0. The molecule has 0 saturated heterocycles. The minimum atomic E-state index is -3.68. The zero-order chi connectivity index (χ0) is 43.2. The Morgan fingerprint density at radius 2 is 1.52 bits per heavy atom. The lowest BCUT2D eigenvalue weighted by molar-refractivity contribution is -0.157. The fourth-order valence-electron chi connectivity index (χ4n) is 5.74. The van der Waals surface area contributed by atoms with E-state index in [0.717, 1.165) is 16.7 Å². The van der Waals surface area contributed by atoms with Crippen LogP contribution in [0, 0.1) is 17.7 Å². The monoisotopic (exact) mass is 867 g/mol. The molecule has 5 rings (SSSR count). The molecule has 0 fully saturated rings. The number of esters is 1. The Morgan fingerprint density at radius 1 is 0.867 bits per heavy atom. The summed E-state index contributed by atoms with van der Waals surface area (Å²) < 4.78 is 55.6. The Balaban J connectivity index is 0.00000794. The molecule has 5 aromatic rings. The lowest BCUT2D eigenvalue weighted by Crippen LogP contribution is -2.52. The van der Waals surface area contributed by atoms with Gasteiger partial charge in [0, 0.05) is 29.8 Å². The number of ether oxygens (including phenoxy) is 3. The van der Waals surface area contributed by atoms with Gasteiger partial charge in [-0.1, -0.05) is 52.0 Å². The Kier molecular flexibility index (Phi) is 15.3. The number of nitrogens with zero attached hydrogens (tertiary/aromatic N) is 4. The minimum Gasteiger partial charge on any atom is -0.495 e. The number of pyridine rings is 1. The molecule has 320 valence electrons. The molecule has 3 amide bonds. The van der Waals surface area contributed by atoms with Gasteiger partial charge in [0.25, 0.3) is 5.95 Å². The molecule has 0 spiro atoms. The van der Waals surface area contributed by atoms with E-state index in [2.05, 4.69) is 20.7 Å². The van der Waals surface area contributed by atoms with Gasteiger partial charge in [-0.05, 0) is 78.4 Å². The number of carbonyl (C=O) groups excluding carboxylic acids is 4. The summed E-state index contributed by atoms with van der Waals surface area (Å²) in [7, 11) is -2.39. The Labute approximate surface area is 352 Å². The Morgan fingerprint density at radius 3 is 2.12 bits per heavy atom. The number of anilines is 3. The van der Waals surface area contributed by atoms with Crippen LogP contribution >= 0.6 is 12.4 Å². The van der Waals surface area contributed by atoms with Crippen LogP contribution in [0.15, 0.2) is 90.0 Å². The molecule has 60 heavy (non-hydrogen) atoms. The summed E-state index contributed by atoms with van der Waals surface area (Å²) in [6.07, 6.45) is 1.57. The molecular formula is C41H47ClFN7O9S. The number of aromatic nitrogens is 3. The molecule has 0 radical (unpaired) electrons. The summed E-state index contributed by atoms with van der Waals surface area (Å²) in [5.74, 6) is -3.41. The van der Waals surface area contributed by atoms with Crippen molar-refractivity contribution >= 4 is 69.1 Å². The number of halogens is 2. The highest BCUT2D eigenvalue weighted by Gasteiger charge is 2.31. The van der Waals surface area contributed by atoms with Gasteiger partial charge in [-0.3, -0.25) is 9.59 Å². The van der Waals surface area contributed by atoms with E-state index in [0.29, 0.717) is 22.5 Å². The summed E-state index contributed by atoms with van der Waals surface area (Å²) in [4.78, 5) is 57.7. The van der Waals surface area contributed by atoms with Crippen molar-refractivity contribution < 1.29 is 46.2 Å². The average Bonchev–Trinajstić information content (AvgIpc) is 3.62. The van der Waals surface area contributed by atoms with E-state index in [1.165, 1.54) is 42.0 Å². The van der Waals surface area contributed by atoms with E-state index in [-0.39, 0.29) is 52.3 Å². The van der Waals surface area contributed by atoms with E-state index in [4.69, 9.17) is 19.9 Å². The number of rotatable bonds is 15. The van der Waals surface area contributed by atoms with Crippen LogP contribution in [-0.4, -0.2) is 79.1 Å². The number of amides is 3. The molecule has 0 bridgehead atoms. The van der Waals surface area contributed by atoms with Crippen LogP contribution in [0.2, 0.25) is 0 Å². The molecule has 3 atom stereocenters. The van der Waals surface area contributed by atoms with Crippen molar-refractivity contribution in [3.63, 3.8) is 0 Å². The number of nitrogens with one attached hydrogen (secondary N) is 2. The zero-order valence-electron chi connectivity index (χ0n) is 33.9. The predicted molar refractivity (Wildman–Crippen MR) is 224 cm³/mol. The van der Waals surface area contributed by atoms with Crippen LogP contribution in [-0.2, 0) is 33.7 Å². The summed E-state index contributed by atoms with van der Waals surface area (Å²) in [6.45, 7) is 7.79. The smallest absolute Gasteiger partial charge is 0.424 e. The molecule has 4 N–H and O–H groups in total. The first-order valence-electron chi connectivity index (χ1n) is 18.5. The van der Waals surface area contributed by atoms with E-state index in [9.17, 15) is 32.0 Å². The normalized spacial score (nSPS) is 12.8. The first-order chi connectivity index (χ1) is 27.9. The van der Waals surface area contributed by atoms with Crippen LogP contribution in [0.5, 0.6) is 5.75 Å². The number of fused-ring (bicyclic) bond motifs is 1. The maximum atomic E-state index is 13.8. The van der Waals surface area contributed by atoms with Crippen LogP contribution in [0.1, 0.15) is 46.1 Å². The second-order valence-electron chi connectivity index (χ2n) is 14.4. The summed E-state index contributed by atoms with van der Waals surface area (Å²) >= 11 is 0. The molecule has 0 saturated carbocycles. The van der Waals surface area contributed by atoms with Crippen molar-refractivity contribution in [1.82, 2.24) is 19.9 Å². The van der Waals surface area contributed by atoms with Gasteiger partial charge in [0.15, 0.2) is 15.5 Å². The number of hydrogen-bond acceptors (Lipinski definition) is 12. The number of hydrogen-bond donors (Lipinski definition) is 3. The van der Waals surface area contributed by atoms with Gasteiger partial charge in [-0.25, -0.2) is 31.8 Å². The highest BCUT2D eigenvalue weighted by molar-refractivity contribution is 7.90. The summed E-state index contributed by atoms with van der Waals surface area (Å²) in [5.41, 5.74) is 8.94. The van der Waals surface area contributed by atoms with Crippen molar-refractivity contribution in [3.05, 3.63) is 96.4 Å². The van der Waals surface area contributed by atoms with Crippen molar-refractivity contribution in [1.29, 1.82) is 0 Å². The lowest BCUT2D eigenvalue weighted by atomic mass is 10.00. The fraction of sp³-hybridized carbons (Fsp3) is 0.317. The molecule has 0 aliphatic rings. The largest absolute Gasteiger partial charge is 0.495 e. The van der Waals surface area contributed by atoms with Crippen molar-refractivity contribution in [2.45, 2.75) is 57.5 Å². The molecule has 0 aliphatic carbocycles. The van der Waals surface area contributed by atoms with Crippen LogP contribution in [0.25, 0.3) is 16.8 Å². The number of nitrogens with two attached hydrogens (primary N) is 1. The van der Waals surface area contributed by atoms with E-state index in [1.807, 2.05) is 0 Å². The number of sulfone groups is 1. The molecule has 3 aromatic carbocycles. The first kappa shape index (κ1) is 46.6. The molecule has 0 unspecified atom stereocenters. The van der Waals surface area contributed by atoms with Crippen molar-refractivity contribution in [2.75, 3.05) is 30.4 Å². The van der Waals surface area contributed by atoms with Crippen LogP contribution in [0.3, 0.4) is 0 Å². The quantitative estimate of drug-likeness (QED) is 0.0815. The zero-order valence-corrected chi connectivity index (χ0v) is 35.5. The van der Waals surface area contributed by atoms with Gasteiger partial charge in [0.05, 0.1) is 29.7 Å². The van der Waals surface area contributed by atoms with E-state index >= 15 is 0 Å². The SMILES string of the molecule is COc1cc(S(C)(=O)=O)ccc1N(C(=O)OCOC(=O)[C@@H](NC(=O)[C@@H](N)C(C)C)C(C)C)c1nc2ccc(-c3ccc(NC(=O)[C@H](C)c4ccc(F)cc4)cc3)cn2n1.Cl. The van der Waals surface area contributed by atoms with Gasteiger partial charge in [-0.2, -0.15) is 4.98 Å². The molecular weight excluding hydrogens is 821 g/mol. The summed E-state index contributed by atoms with van der Waals surface area (Å²) in [6, 6.07) is 18.1. The summed E-state index contributed by atoms with van der Waals surface area (Å²) in [5, 5.41) is 9.98. The first-order valence-corrected chi connectivity index (χ1v) is 20.4. The highest BCUT2D eigenvalue weighted by atomic mass is 35.5. The third-order valence-electron chi connectivity index (χ3n) is 9.39. The number of methoxy groups -OCH3 is 1. The Bertz CT molecular complexity index is 2450. The van der Waals surface area contributed by atoms with Gasteiger partial charge >= 0.3 is 12.1 Å².